The maximum Gasteiger partial charge on any atom is 0.443 e. The summed E-state index contributed by atoms with van der Waals surface area (Å²) < 4.78 is 39.4. The van der Waals surface area contributed by atoms with Crippen molar-refractivity contribution in [2.24, 2.45) is 0 Å². The van der Waals surface area contributed by atoms with E-state index in [4.69, 9.17) is 0 Å². The second kappa shape index (κ2) is 6.97. The lowest BCUT2D eigenvalue weighted by Gasteiger charge is -2.02. The van der Waals surface area contributed by atoms with Crippen LogP contribution in [0.15, 0.2) is 35.8 Å². The lowest BCUT2D eigenvalue weighted by molar-refractivity contribution is -0.137. The van der Waals surface area contributed by atoms with Gasteiger partial charge in [-0.05, 0) is 26.0 Å². The number of nitrogens with zero attached hydrogens (tertiary/aromatic N) is 3. The third-order valence-corrected chi connectivity index (χ3v) is 4.65. The maximum atomic E-state index is 12.5. The normalized spacial score (nSPS) is 11.9. The van der Waals surface area contributed by atoms with E-state index in [9.17, 15) is 13.2 Å². The SMILES string of the molecule is Cc1ccc(-n2cc(CNCc3csc(C(F)(F)F)n3)c(C)n2)cc1. The van der Waals surface area contributed by atoms with E-state index in [1.807, 2.05) is 44.3 Å². The second-order valence-corrected chi connectivity index (χ2v) is 6.62. The average Bonchev–Trinajstić information content (AvgIpc) is 3.15. The van der Waals surface area contributed by atoms with Crippen molar-refractivity contribution >= 4 is 11.3 Å². The van der Waals surface area contributed by atoms with Crippen LogP contribution in [0.3, 0.4) is 0 Å². The minimum atomic E-state index is -4.38. The van der Waals surface area contributed by atoms with E-state index < -0.39 is 11.2 Å². The molecule has 0 unspecified atom stereocenters. The number of hydrogen-bond acceptors (Lipinski definition) is 4. The van der Waals surface area contributed by atoms with Gasteiger partial charge < -0.3 is 5.32 Å². The van der Waals surface area contributed by atoms with Gasteiger partial charge in [0.05, 0.1) is 17.1 Å². The molecule has 25 heavy (non-hydrogen) atoms. The summed E-state index contributed by atoms with van der Waals surface area (Å²) in [5.41, 5.74) is 4.40. The molecule has 3 aromatic rings. The quantitative estimate of drug-likeness (QED) is 0.734. The van der Waals surface area contributed by atoms with Gasteiger partial charge >= 0.3 is 6.18 Å². The zero-order chi connectivity index (χ0) is 18.0. The number of rotatable bonds is 5. The van der Waals surface area contributed by atoms with Crippen molar-refractivity contribution in [3.05, 3.63) is 63.4 Å². The molecule has 0 saturated heterocycles. The Morgan fingerprint density at radius 2 is 1.84 bits per heavy atom. The molecule has 0 radical (unpaired) electrons. The second-order valence-electron chi connectivity index (χ2n) is 5.77. The van der Waals surface area contributed by atoms with Gasteiger partial charge in [-0.3, -0.25) is 0 Å². The van der Waals surface area contributed by atoms with Gasteiger partial charge in [0.15, 0.2) is 5.01 Å². The molecule has 4 nitrogen and oxygen atoms in total. The van der Waals surface area contributed by atoms with Gasteiger partial charge in [0.2, 0.25) is 0 Å². The first-order valence-electron chi connectivity index (χ1n) is 7.67. The Bertz CT molecular complexity index is 850. The van der Waals surface area contributed by atoms with Crippen LogP contribution in [-0.4, -0.2) is 14.8 Å². The van der Waals surface area contributed by atoms with E-state index >= 15 is 0 Å². The first-order chi connectivity index (χ1) is 11.8. The van der Waals surface area contributed by atoms with Crippen molar-refractivity contribution in [3.63, 3.8) is 0 Å². The Morgan fingerprint density at radius 1 is 1.12 bits per heavy atom. The molecule has 132 valence electrons. The number of halogens is 3. The van der Waals surface area contributed by atoms with Gasteiger partial charge in [-0.15, -0.1) is 11.3 Å². The predicted molar refractivity (Wildman–Crippen MR) is 90.7 cm³/mol. The number of nitrogens with one attached hydrogen (secondary N) is 1. The Hall–Kier alpha value is -2.19. The predicted octanol–water partition coefficient (Wildman–Crippen LogP) is 4.25. The van der Waals surface area contributed by atoms with Crippen LogP contribution in [0.5, 0.6) is 0 Å². The minimum Gasteiger partial charge on any atom is -0.307 e. The number of thiazole rings is 1. The van der Waals surface area contributed by atoms with E-state index in [0.717, 1.165) is 16.9 Å². The topological polar surface area (TPSA) is 42.7 Å². The summed E-state index contributed by atoms with van der Waals surface area (Å²) in [5, 5.41) is 8.22. The molecule has 0 bridgehead atoms. The van der Waals surface area contributed by atoms with Crippen molar-refractivity contribution in [1.29, 1.82) is 0 Å². The number of aromatic nitrogens is 3. The number of aryl methyl sites for hydroxylation is 2. The molecule has 1 N–H and O–H groups in total. The van der Waals surface area contributed by atoms with Crippen LogP contribution in [0.25, 0.3) is 5.69 Å². The first kappa shape index (κ1) is 17.6. The standard InChI is InChI=1S/C17H17F3N4S/c1-11-3-5-15(6-4-11)24-9-13(12(2)23-24)7-21-8-14-10-25-16(22-14)17(18,19)20/h3-6,9-10,21H,7-8H2,1-2H3. The first-order valence-corrected chi connectivity index (χ1v) is 8.55. The van der Waals surface area contributed by atoms with Gasteiger partial charge in [0.25, 0.3) is 0 Å². The molecule has 3 rings (SSSR count). The summed E-state index contributed by atoms with van der Waals surface area (Å²) in [6, 6.07) is 8.02. The van der Waals surface area contributed by atoms with Crippen molar-refractivity contribution in [3.8, 4) is 5.69 Å². The molecule has 0 amide bonds. The molecular formula is C17H17F3N4S. The third kappa shape index (κ3) is 4.26. The maximum absolute atomic E-state index is 12.5. The average molecular weight is 366 g/mol. The van der Waals surface area contributed by atoms with Crippen LogP contribution in [0.4, 0.5) is 13.2 Å². The number of alkyl halides is 3. The van der Waals surface area contributed by atoms with Gasteiger partial charge in [-0.1, -0.05) is 17.7 Å². The van der Waals surface area contributed by atoms with E-state index in [1.165, 1.54) is 10.9 Å². The molecule has 1 aromatic carbocycles. The highest BCUT2D eigenvalue weighted by atomic mass is 32.1. The Kier molecular flexibility index (Phi) is 4.91. The van der Waals surface area contributed by atoms with Crippen LogP contribution in [0.2, 0.25) is 0 Å². The molecule has 0 aliphatic carbocycles. The molecule has 2 aromatic heterocycles. The largest absolute Gasteiger partial charge is 0.443 e. The monoisotopic (exact) mass is 366 g/mol. The lowest BCUT2D eigenvalue weighted by atomic mass is 10.2. The molecule has 0 fully saturated rings. The molecule has 8 heteroatoms. The molecule has 0 aliphatic rings. The highest BCUT2D eigenvalue weighted by molar-refractivity contribution is 7.09. The van der Waals surface area contributed by atoms with Gasteiger partial charge in [-0.2, -0.15) is 18.3 Å². The zero-order valence-corrected chi connectivity index (χ0v) is 14.6. The molecular weight excluding hydrogens is 349 g/mol. The van der Waals surface area contributed by atoms with E-state index in [1.54, 1.807) is 4.68 Å². The molecule has 0 saturated carbocycles. The highest BCUT2D eigenvalue weighted by Crippen LogP contribution is 2.31. The zero-order valence-electron chi connectivity index (χ0n) is 13.8. The van der Waals surface area contributed by atoms with E-state index in [2.05, 4.69) is 15.4 Å². The smallest absolute Gasteiger partial charge is 0.307 e. The van der Waals surface area contributed by atoms with Crippen molar-refractivity contribution in [1.82, 2.24) is 20.1 Å². The van der Waals surface area contributed by atoms with Crippen molar-refractivity contribution < 1.29 is 13.2 Å². The van der Waals surface area contributed by atoms with Crippen LogP contribution < -0.4 is 5.32 Å². The highest BCUT2D eigenvalue weighted by Gasteiger charge is 2.34. The van der Waals surface area contributed by atoms with Gasteiger partial charge in [0.1, 0.15) is 0 Å². The summed E-state index contributed by atoms with van der Waals surface area (Å²) in [7, 11) is 0. The van der Waals surface area contributed by atoms with Crippen LogP contribution in [-0.2, 0) is 19.3 Å². The van der Waals surface area contributed by atoms with E-state index in [0.29, 0.717) is 23.6 Å². The Morgan fingerprint density at radius 3 is 2.48 bits per heavy atom. The lowest BCUT2D eigenvalue weighted by Crippen LogP contribution is -2.14. The van der Waals surface area contributed by atoms with Crippen LogP contribution >= 0.6 is 11.3 Å². The third-order valence-electron chi connectivity index (χ3n) is 3.71. The van der Waals surface area contributed by atoms with Crippen LogP contribution in [0.1, 0.15) is 27.5 Å². The molecule has 0 atom stereocenters. The van der Waals surface area contributed by atoms with Crippen molar-refractivity contribution in [2.45, 2.75) is 33.1 Å². The van der Waals surface area contributed by atoms with Gasteiger partial charge in [-0.25, -0.2) is 9.67 Å². The minimum absolute atomic E-state index is 0.279. The molecule has 0 aliphatic heterocycles. The van der Waals surface area contributed by atoms with E-state index in [-0.39, 0.29) is 6.54 Å². The summed E-state index contributed by atoms with van der Waals surface area (Å²) in [6.07, 6.45) is -2.45. The summed E-state index contributed by atoms with van der Waals surface area (Å²) in [6.45, 7) is 4.72. The molecule has 2 heterocycles. The van der Waals surface area contributed by atoms with Crippen molar-refractivity contribution in [2.75, 3.05) is 0 Å². The number of benzene rings is 1. The summed E-state index contributed by atoms with van der Waals surface area (Å²) >= 11 is 0.616. The van der Waals surface area contributed by atoms with Gasteiger partial charge in [0, 0.05) is 30.2 Å². The molecule has 0 spiro atoms. The fourth-order valence-corrected chi connectivity index (χ4v) is 3.03. The summed E-state index contributed by atoms with van der Waals surface area (Å²) in [4.78, 5) is 3.61. The number of hydrogen-bond donors (Lipinski definition) is 1. The Balaban J connectivity index is 1.62. The fourth-order valence-electron chi connectivity index (χ4n) is 2.34. The summed E-state index contributed by atoms with van der Waals surface area (Å²) in [5.74, 6) is 0. The Labute approximate surface area is 147 Å². The fraction of sp³-hybridized carbons (Fsp3) is 0.294. The van der Waals surface area contributed by atoms with Crippen LogP contribution in [0, 0.1) is 13.8 Å².